The summed E-state index contributed by atoms with van der Waals surface area (Å²) in [6.45, 7) is 2.54. The number of halogens is 1. The van der Waals surface area contributed by atoms with Gasteiger partial charge in [0.15, 0.2) is 0 Å². The van der Waals surface area contributed by atoms with Gasteiger partial charge in [0.1, 0.15) is 0 Å². The summed E-state index contributed by atoms with van der Waals surface area (Å²) in [6, 6.07) is 7.57. The van der Waals surface area contributed by atoms with Crippen molar-refractivity contribution in [2.24, 2.45) is 5.73 Å². The van der Waals surface area contributed by atoms with Crippen LogP contribution >= 0.6 is 12.4 Å². The molecule has 96 valence electrons. The molecule has 0 radical (unpaired) electrons. The number of aryl methyl sites for hydroxylation is 1. The third-order valence-corrected chi connectivity index (χ3v) is 2.33. The first-order valence-electron chi connectivity index (χ1n) is 5.35. The first-order chi connectivity index (χ1) is 7.63. The van der Waals surface area contributed by atoms with Gasteiger partial charge in [-0.1, -0.05) is 29.8 Å². The van der Waals surface area contributed by atoms with Gasteiger partial charge in [0.25, 0.3) is 0 Å². The van der Waals surface area contributed by atoms with E-state index >= 15 is 0 Å². The third kappa shape index (κ3) is 5.68. The van der Waals surface area contributed by atoms with Crippen molar-refractivity contribution in [2.75, 3.05) is 13.1 Å². The highest BCUT2D eigenvalue weighted by Gasteiger charge is 2.08. The molecule has 5 heteroatoms. The number of aliphatic hydroxyl groups is 1. The first-order valence-corrected chi connectivity index (χ1v) is 5.35. The van der Waals surface area contributed by atoms with Crippen LogP contribution < -0.4 is 11.1 Å². The van der Waals surface area contributed by atoms with Crippen molar-refractivity contribution in [3.63, 3.8) is 0 Å². The molecule has 0 saturated carbocycles. The molecule has 0 spiro atoms. The molecule has 0 aliphatic carbocycles. The Bertz CT molecular complexity index is 341. The van der Waals surface area contributed by atoms with Gasteiger partial charge in [-0.2, -0.15) is 0 Å². The van der Waals surface area contributed by atoms with Crippen molar-refractivity contribution in [3.8, 4) is 0 Å². The lowest BCUT2D eigenvalue weighted by Crippen LogP contribution is -2.29. The van der Waals surface area contributed by atoms with Crippen LogP contribution in [0.15, 0.2) is 24.3 Å². The van der Waals surface area contributed by atoms with E-state index in [0.29, 0.717) is 13.0 Å². The molecule has 0 heterocycles. The summed E-state index contributed by atoms with van der Waals surface area (Å²) in [5, 5.41) is 12.4. The number of hydrogen-bond donors (Lipinski definition) is 3. The van der Waals surface area contributed by atoms with E-state index in [1.165, 1.54) is 0 Å². The SMILES string of the molecule is Cc1ccc(C(O)CNC(=O)CCN)cc1.Cl. The Morgan fingerprint density at radius 1 is 1.41 bits per heavy atom. The summed E-state index contributed by atoms with van der Waals surface area (Å²) in [5.74, 6) is -0.131. The molecule has 0 saturated heterocycles. The Balaban J connectivity index is 0.00000256. The van der Waals surface area contributed by atoms with Gasteiger partial charge in [-0.05, 0) is 12.5 Å². The number of nitrogens with two attached hydrogens (primary N) is 1. The summed E-state index contributed by atoms with van der Waals surface area (Å²) in [6.07, 6.45) is -0.372. The minimum absolute atomic E-state index is 0. The molecule has 17 heavy (non-hydrogen) atoms. The predicted molar refractivity (Wildman–Crippen MR) is 70.1 cm³/mol. The number of nitrogens with one attached hydrogen (secondary N) is 1. The highest BCUT2D eigenvalue weighted by Crippen LogP contribution is 2.12. The van der Waals surface area contributed by atoms with Crippen LogP contribution in [0.5, 0.6) is 0 Å². The Labute approximate surface area is 108 Å². The lowest BCUT2D eigenvalue weighted by atomic mass is 10.1. The molecule has 0 aliphatic rings. The molecular weight excluding hydrogens is 240 g/mol. The lowest BCUT2D eigenvalue weighted by Gasteiger charge is -2.12. The van der Waals surface area contributed by atoms with Crippen LogP contribution in [-0.4, -0.2) is 24.1 Å². The first kappa shape index (κ1) is 15.9. The van der Waals surface area contributed by atoms with Crippen LogP contribution in [0.4, 0.5) is 0 Å². The van der Waals surface area contributed by atoms with Crippen molar-refractivity contribution in [2.45, 2.75) is 19.4 Å². The average Bonchev–Trinajstić information content (AvgIpc) is 2.27. The van der Waals surface area contributed by atoms with Crippen molar-refractivity contribution in [1.82, 2.24) is 5.32 Å². The van der Waals surface area contributed by atoms with Crippen LogP contribution in [0, 0.1) is 6.92 Å². The molecule has 1 rings (SSSR count). The van der Waals surface area contributed by atoms with E-state index in [-0.39, 0.29) is 24.9 Å². The lowest BCUT2D eigenvalue weighted by molar-refractivity contribution is -0.121. The topological polar surface area (TPSA) is 75.3 Å². The second kappa shape index (κ2) is 8.06. The number of carbonyl (C=O) groups excluding carboxylic acids is 1. The van der Waals surface area contributed by atoms with Crippen molar-refractivity contribution >= 4 is 18.3 Å². The Morgan fingerprint density at radius 3 is 2.53 bits per heavy atom. The largest absolute Gasteiger partial charge is 0.387 e. The number of aliphatic hydroxyl groups excluding tert-OH is 1. The average molecular weight is 259 g/mol. The minimum atomic E-state index is -0.665. The summed E-state index contributed by atoms with van der Waals surface area (Å²) < 4.78 is 0. The number of benzene rings is 1. The zero-order chi connectivity index (χ0) is 12.0. The molecule has 4 N–H and O–H groups in total. The fourth-order valence-corrected chi connectivity index (χ4v) is 1.34. The van der Waals surface area contributed by atoms with E-state index in [9.17, 15) is 9.90 Å². The van der Waals surface area contributed by atoms with Crippen LogP contribution in [0.1, 0.15) is 23.7 Å². The van der Waals surface area contributed by atoms with Crippen LogP contribution in [0.25, 0.3) is 0 Å². The van der Waals surface area contributed by atoms with Gasteiger partial charge in [-0.15, -0.1) is 12.4 Å². The number of carbonyl (C=O) groups is 1. The Morgan fingerprint density at radius 2 is 2.00 bits per heavy atom. The molecule has 1 aromatic rings. The maximum Gasteiger partial charge on any atom is 0.221 e. The molecule has 1 unspecified atom stereocenters. The molecule has 1 atom stereocenters. The summed E-state index contributed by atoms with van der Waals surface area (Å²) in [5.41, 5.74) is 7.19. The van der Waals surface area contributed by atoms with E-state index in [1.54, 1.807) is 0 Å². The van der Waals surface area contributed by atoms with Crippen LogP contribution in [0.3, 0.4) is 0 Å². The molecule has 1 amide bonds. The monoisotopic (exact) mass is 258 g/mol. The van der Waals surface area contributed by atoms with Gasteiger partial charge in [-0.25, -0.2) is 0 Å². The molecule has 0 fully saturated rings. The predicted octanol–water partition coefficient (Wildman–Crippen LogP) is 0.915. The van der Waals surface area contributed by atoms with Crippen LogP contribution in [0.2, 0.25) is 0 Å². The second-order valence-corrected chi connectivity index (χ2v) is 3.77. The smallest absolute Gasteiger partial charge is 0.221 e. The van der Waals surface area contributed by atoms with Crippen molar-refractivity contribution in [1.29, 1.82) is 0 Å². The molecule has 0 aromatic heterocycles. The normalized spacial score (nSPS) is 11.5. The molecular formula is C12H19ClN2O2. The van der Waals surface area contributed by atoms with Crippen molar-refractivity contribution in [3.05, 3.63) is 35.4 Å². The maximum atomic E-state index is 11.1. The fourth-order valence-electron chi connectivity index (χ4n) is 1.34. The number of amides is 1. The highest BCUT2D eigenvalue weighted by molar-refractivity contribution is 5.85. The van der Waals surface area contributed by atoms with Crippen LogP contribution in [-0.2, 0) is 4.79 Å². The number of rotatable bonds is 5. The zero-order valence-electron chi connectivity index (χ0n) is 9.85. The fraction of sp³-hybridized carbons (Fsp3) is 0.417. The highest BCUT2D eigenvalue weighted by atomic mass is 35.5. The quantitative estimate of drug-likeness (QED) is 0.735. The summed E-state index contributed by atoms with van der Waals surface area (Å²) in [4.78, 5) is 11.1. The van der Waals surface area contributed by atoms with Gasteiger partial charge in [0, 0.05) is 19.5 Å². The number of hydrogen-bond acceptors (Lipinski definition) is 3. The Hall–Kier alpha value is -1.10. The van der Waals surface area contributed by atoms with Gasteiger partial charge < -0.3 is 16.2 Å². The van der Waals surface area contributed by atoms with E-state index in [1.807, 2.05) is 31.2 Å². The van der Waals surface area contributed by atoms with Gasteiger partial charge in [0.2, 0.25) is 5.91 Å². The summed E-state index contributed by atoms with van der Waals surface area (Å²) in [7, 11) is 0. The van der Waals surface area contributed by atoms with Gasteiger partial charge >= 0.3 is 0 Å². The zero-order valence-corrected chi connectivity index (χ0v) is 10.7. The minimum Gasteiger partial charge on any atom is -0.387 e. The summed E-state index contributed by atoms with van der Waals surface area (Å²) >= 11 is 0. The Kier molecular flexibility index (Phi) is 7.54. The van der Waals surface area contributed by atoms with E-state index in [2.05, 4.69) is 5.32 Å². The van der Waals surface area contributed by atoms with E-state index in [0.717, 1.165) is 11.1 Å². The molecule has 0 bridgehead atoms. The molecule has 0 aliphatic heterocycles. The second-order valence-electron chi connectivity index (χ2n) is 3.77. The third-order valence-electron chi connectivity index (χ3n) is 2.33. The van der Waals surface area contributed by atoms with Gasteiger partial charge in [-0.3, -0.25) is 4.79 Å². The van der Waals surface area contributed by atoms with Gasteiger partial charge in [0.05, 0.1) is 6.10 Å². The van der Waals surface area contributed by atoms with E-state index < -0.39 is 6.10 Å². The standard InChI is InChI=1S/C12H18N2O2.ClH/c1-9-2-4-10(5-3-9)11(15)8-14-12(16)6-7-13;/h2-5,11,15H,6-8,13H2,1H3,(H,14,16);1H. The maximum absolute atomic E-state index is 11.1. The molecule has 4 nitrogen and oxygen atoms in total. The van der Waals surface area contributed by atoms with Crippen molar-refractivity contribution < 1.29 is 9.90 Å². The molecule has 1 aromatic carbocycles. The van der Waals surface area contributed by atoms with E-state index in [4.69, 9.17) is 5.73 Å².